The van der Waals surface area contributed by atoms with Crippen LogP contribution in [0.25, 0.3) is 5.69 Å². The van der Waals surface area contributed by atoms with Gasteiger partial charge in [0.1, 0.15) is 11.3 Å². The van der Waals surface area contributed by atoms with Gasteiger partial charge in [-0.05, 0) is 29.8 Å². The molecule has 0 fully saturated rings. The second-order valence-electron chi connectivity index (χ2n) is 7.10. The smallest absolute Gasteiger partial charge is 0.339 e. The fourth-order valence-electron chi connectivity index (χ4n) is 4.01. The van der Waals surface area contributed by atoms with E-state index in [-0.39, 0.29) is 30.6 Å². The molecule has 2 N–H and O–H groups in total. The molecule has 0 saturated carbocycles. The van der Waals surface area contributed by atoms with Crippen LogP contribution in [0.1, 0.15) is 34.0 Å². The number of aromatic nitrogens is 1. The Bertz CT molecular complexity index is 1180. The minimum Gasteiger partial charge on any atom is -0.497 e. The van der Waals surface area contributed by atoms with Gasteiger partial charge in [0, 0.05) is 30.3 Å². The molecule has 2 aliphatic heterocycles. The molecule has 3 aromatic rings. The van der Waals surface area contributed by atoms with Crippen molar-refractivity contribution in [3.63, 3.8) is 0 Å². The van der Waals surface area contributed by atoms with E-state index in [1.165, 1.54) is 6.20 Å². The van der Waals surface area contributed by atoms with E-state index >= 15 is 0 Å². The Labute approximate surface area is 171 Å². The summed E-state index contributed by atoms with van der Waals surface area (Å²) in [5.41, 5.74) is 2.62. The molecule has 2 aromatic carbocycles. The lowest BCUT2D eigenvalue weighted by molar-refractivity contribution is -0.116. The van der Waals surface area contributed by atoms with Crippen molar-refractivity contribution in [2.75, 3.05) is 19.2 Å². The molecule has 30 heavy (non-hydrogen) atoms. The summed E-state index contributed by atoms with van der Waals surface area (Å²) in [7, 11) is 1.57. The lowest BCUT2D eigenvalue weighted by Crippen LogP contribution is -2.25. The second-order valence-corrected chi connectivity index (χ2v) is 7.10. The van der Waals surface area contributed by atoms with Crippen LogP contribution in [0.15, 0.2) is 48.7 Å². The minimum atomic E-state index is -1.11. The number of anilines is 1. The van der Waals surface area contributed by atoms with Gasteiger partial charge in [0.25, 0.3) is 0 Å². The Morgan fingerprint density at radius 2 is 2.03 bits per heavy atom. The van der Waals surface area contributed by atoms with Gasteiger partial charge < -0.3 is 29.2 Å². The summed E-state index contributed by atoms with van der Waals surface area (Å²) in [5, 5.41) is 12.5. The minimum absolute atomic E-state index is 0.0339. The lowest BCUT2D eigenvalue weighted by Gasteiger charge is -2.26. The number of carbonyl (C=O) groups excluding carboxylic acids is 1. The molecule has 1 aromatic heterocycles. The summed E-state index contributed by atoms with van der Waals surface area (Å²) in [6.07, 6.45) is 1.72. The predicted molar refractivity (Wildman–Crippen MR) is 107 cm³/mol. The molecule has 1 amide bonds. The van der Waals surface area contributed by atoms with E-state index in [2.05, 4.69) is 5.32 Å². The number of nitrogens with one attached hydrogen (secondary N) is 1. The van der Waals surface area contributed by atoms with Crippen LogP contribution in [-0.2, 0) is 4.79 Å². The zero-order valence-corrected chi connectivity index (χ0v) is 16.0. The molecule has 0 radical (unpaired) electrons. The second kappa shape index (κ2) is 6.84. The molecular formula is C22H18N2O6. The van der Waals surface area contributed by atoms with E-state index in [1.807, 2.05) is 36.4 Å². The standard InChI is InChI=1S/C22H18N2O6/c1-28-14-4-2-3-13(8-14)24-10-16(22(26)27)20-21(24)15(9-19(25)23-20)12-5-6-17-18(7-12)30-11-29-17/h2-8,10,15H,9,11H2,1H3,(H,23,25)(H,26,27)/t15-/m0/s1. The average molecular weight is 406 g/mol. The molecular weight excluding hydrogens is 388 g/mol. The summed E-state index contributed by atoms with van der Waals surface area (Å²) < 4.78 is 18.0. The van der Waals surface area contributed by atoms with Crippen molar-refractivity contribution in [3.8, 4) is 22.9 Å². The van der Waals surface area contributed by atoms with Crippen molar-refractivity contribution in [2.24, 2.45) is 0 Å². The first-order chi connectivity index (χ1) is 14.5. The van der Waals surface area contributed by atoms with Crippen LogP contribution in [0.4, 0.5) is 5.69 Å². The normalized spacial score (nSPS) is 16.7. The Morgan fingerprint density at radius 3 is 2.83 bits per heavy atom. The van der Waals surface area contributed by atoms with Crippen LogP contribution in [0.5, 0.6) is 17.2 Å². The number of hydrogen-bond donors (Lipinski definition) is 2. The molecule has 8 heteroatoms. The SMILES string of the molecule is COc1cccc(-n2cc(C(=O)O)c3c2[C@H](c2ccc4c(c2)OCO4)CC(=O)N3)c1. The maximum atomic E-state index is 12.5. The number of carboxylic acid groups (broad SMARTS) is 1. The number of carbonyl (C=O) groups is 2. The molecule has 8 nitrogen and oxygen atoms in total. The predicted octanol–water partition coefficient (Wildman–Crippen LogP) is 3.39. The fourth-order valence-corrected chi connectivity index (χ4v) is 4.01. The van der Waals surface area contributed by atoms with E-state index in [0.717, 1.165) is 11.3 Å². The molecule has 1 atom stereocenters. The molecule has 2 aliphatic rings. The summed E-state index contributed by atoms with van der Waals surface area (Å²) in [4.78, 5) is 24.4. The number of hydrogen-bond acceptors (Lipinski definition) is 5. The number of ether oxygens (including phenoxy) is 3. The number of aromatic carboxylic acids is 1. The van der Waals surface area contributed by atoms with Crippen molar-refractivity contribution >= 4 is 17.6 Å². The Morgan fingerprint density at radius 1 is 1.20 bits per heavy atom. The average Bonchev–Trinajstić information content (AvgIpc) is 3.37. The maximum Gasteiger partial charge on any atom is 0.339 e. The van der Waals surface area contributed by atoms with E-state index in [0.29, 0.717) is 28.6 Å². The summed E-state index contributed by atoms with van der Waals surface area (Å²) in [6, 6.07) is 12.9. The first-order valence-corrected chi connectivity index (χ1v) is 9.37. The lowest BCUT2D eigenvalue weighted by atomic mass is 9.88. The topological polar surface area (TPSA) is 99.0 Å². The molecule has 0 unspecified atom stereocenters. The highest BCUT2D eigenvalue weighted by Crippen LogP contribution is 2.44. The van der Waals surface area contributed by atoms with Gasteiger partial charge in [-0.15, -0.1) is 0 Å². The van der Waals surface area contributed by atoms with Crippen LogP contribution in [-0.4, -0.2) is 35.5 Å². The van der Waals surface area contributed by atoms with Gasteiger partial charge in [0.05, 0.1) is 18.5 Å². The summed E-state index contributed by atoms with van der Waals surface area (Å²) in [5.74, 6) is 0.191. The van der Waals surface area contributed by atoms with Crippen LogP contribution in [0.2, 0.25) is 0 Å². The van der Waals surface area contributed by atoms with Gasteiger partial charge in [-0.1, -0.05) is 12.1 Å². The first kappa shape index (κ1) is 18.1. The highest BCUT2D eigenvalue weighted by Gasteiger charge is 2.35. The van der Waals surface area contributed by atoms with E-state index in [1.54, 1.807) is 17.7 Å². The zero-order chi connectivity index (χ0) is 20.8. The van der Waals surface area contributed by atoms with Crippen molar-refractivity contribution in [1.82, 2.24) is 4.57 Å². The van der Waals surface area contributed by atoms with Gasteiger partial charge in [0.15, 0.2) is 11.5 Å². The highest BCUT2D eigenvalue weighted by atomic mass is 16.7. The Kier molecular flexibility index (Phi) is 4.13. The molecule has 0 aliphatic carbocycles. The number of carboxylic acids is 1. The third-order valence-corrected chi connectivity index (χ3v) is 5.39. The van der Waals surface area contributed by atoms with Crippen LogP contribution in [0, 0.1) is 0 Å². The summed E-state index contributed by atoms with van der Waals surface area (Å²) >= 11 is 0. The van der Waals surface area contributed by atoms with Crippen molar-refractivity contribution in [2.45, 2.75) is 12.3 Å². The van der Waals surface area contributed by atoms with Crippen LogP contribution in [0.3, 0.4) is 0 Å². The molecule has 5 rings (SSSR count). The third kappa shape index (κ3) is 2.85. The zero-order valence-electron chi connectivity index (χ0n) is 16.0. The molecule has 0 saturated heterocycles. The highest BCUT2D eigenvalue weighted by molar-refractivity contribution is 6.04. The van der Waals surface area contributed by atoms with Gasteiger partial charge in [-0.25, -0.2) is 4.79 Å². The number of fused-ring (bicyclic) bond motifs is 2. The molecule has 0 bridgehead atoms. The van der Waals surface area contributed by atoms with Gasteiger partial charge in [-0.3, -0.25) is 4.79 Å². The van der Waals surface area contributed by atoms with Gasteiger partial charge >= 0.3 is 5.97 Å². The van der Waals surface area contributed by atoms with Crippen LogP contribution < -0.4 is 19.5 Å². The van der Waals surface area contributed by atoms with Gasteiger partial charge in [0.2, 0.25) is 12.7 Å². The Balaban J connectivity index is 1.72. The van der Waals surface area contributed by atoms with E-state index < -0.39 is 5.97 Å². The molecule has 152 valence electrons. The number of nitrogens with zero attached hydrogens (tertiary/aromatic N) is 1. The van der Waals surface area contributed by atoms with E-state index in [4.69, 9.17) is 14.2 Å². The van der Waals surface area contributed by atoms with Crippen molar-refractivity contribution < 1.29 is 28.9 Å². The third-order valence-electron chi connectivity index (χ3n) is 5.39. The molecule has 3 heterocycles. The molecule has 0 spiro atoms. The number of benzene rings is 2. The maximum absolute atomic E-state index is 12.5. The fraction of sp³-hybridized carbons (Fsp3) is 0.182. The number of methoxy groups -OCH3 is 1. The Hall–Kier alpha value is -3.94. The monoisotopic (exact) mass is 406 g/mol. The summed E-state index contributed by atoms with van der Waals surface area (Å²) in [6.45, 7) is 0.151. The number of rotatable bonds is 4. The van der Waals surface area contributed by atoms with Crippen molar-refractivity contribution in [1.29, 1.82) is 0 Å². The number of amides is 1. The van der Waals surface area contributed by atoms with Crippen molar-refractivity contribution in [3.05, 3.63) is 65.5 Å². The van der Waals surface area contributed by atoms with E-state index in [9.17, 15) is 14.7 Å². The van der Waals surface area contributed by atoms with Crippen LogP contribution >= 0.6 is 0 Å². The first-order valence-electron chi connectivity index (χ1n) is 9.37. The quantitative estimate of drug-likeness (QED) is 0.689. The largest absolute Gasteiger partial charge is 0.497 e. The van der Waals surface area contributed by atoms with Gasteiger partial charge in [-0.2, -0.15) is 0 Å².